The molecule has 0 aliphatic carbocycles. The minimum atomic E-state index is -0.535. The molecule has 50 heavy (non-hydrogen) atoms. The van der Waals surface area contributed by atoms with Gasteiger partial charge in [0.05, 0.1) is 12.1 Å². The van der Waals surface area contributed by atoms with Crippen LogP contribution in [0.3, 0.4) is 0 Å². The van der Waals surface area contributed by atoms with Gasteiger partial charge in [-0.3, -0.25) is 9.59 Å². The fourth-order valence-electron chi connectivity index (χ4n) is 6.31. The Bertz CT molecular complexity index is 1650. The maximum absolute atomic E-state index is 12.7. The Hall–Kier alpha value is -3.62. The lowest BCUT2D eigenvalue weighted by Crippen LogP contribution is -2.48. The van der Waals surface area contributed by atoms with Crippen LogP contribution in [0, 0.1) is 0 Å². The molecule has 0 spiro atoms. The number of nitrogens with zero attached hydrogens (tertiary/aromatic N) is 2. The van der Waals surface area contributed by atoms with Crippen molar-refractivity contribution in [1.29, 1.82) is 0 Å². The van der Waals surface area contributed by atoms with E-state index in [2.05, 4.69) is 13.2 Å². The van der Waals surface area contributed by atoms with Crippen LogP contribution < -0.4 is 0 Å². The molecular weight excluding hydrogens is 714 g/mol. The van der Waals surface area contributed by atoms with E-state index in [-0.39, 0.29) is 36.1 Å². The first-order chi connectivity index (χ1) is 24.0. The lowest BCUT2D eigenvalue weighted by molar-refractivity contribution is -0.171. The second-order valence-electron chi connectivity index (χ2n) is 12.1. The summed E-state index contributed by atoms with van der Waals surface area (Å²) in [6, 6.07) is 29.6. The largest absolute Gasteiger partial charge is 0.358 e. The molecule has 2 aliphatic rings. The second-order valence-corrected chi connectivity index (χ2v) is 13.9. The summed E-state index contributed by atoms with van der Waals surface area (Å²) in [7, 11) is 3.62. The molecule has 4 aromatic carbocycles. The second kappa shape index (κ2) is 17.1. The van der Waals surface area contributed by atoms with E-state index in [0.29, 0.717) is 32.9 Å². The molecule has 260 valence electrons. The van der Waals surface area contributed by atoms with Gasteiger partial charge in [-0.1, -0.05) is 107 Å². The zero-order valence-corrected chi connectivity index (χ0v) is 30.7. The summed E-state index contributed by atoms with van der Waals surface area (Å²) < 4.78 is 12.4. The van der Waals surface area contributed by atoms with Gasteiger partial charge in [0, 0.05) is 47.0 Å². The highest BCUT2D eigenvalue weighted by molar-refractivity contribution is 6.31. The molecule has 2 amide bonds. The van der Waals surface area contributed by atoms with Gasteiger partial charge in [-0.2, -0.15) is 0 Å². The van der Waals surface area contributed by atoms with Crippen LogP contribution in [0.1, 0.15) is 59.4 Å². The average molecular weight is 753 g/mol. The Labute approximate surface area is 313 Å². The number of hydrogen-bond acceptors (Lipinski definition) is 4. The van der Waals surface area contributed by atoms with Crippen LogP contribution in [-0.4, -0.2) is 47.9 Å². The summed E-state index contributed by atoms with van der Waals surface area (Å²) in [4.78, 5) is 28.9. The topological polar surface area (TPSA) is 59.1 Å². The molecule has 2 heterocycles. The Kier molecular flexibility index (Phi) is 12.8. The van der Waals surface area contributed by atoms with Crippen molar-refractivity contribution in [3.63, 3.8) is 0 Å². The molecule has 4 aromatic rings. The third-order valence-electron chi connectivity index (χ3n) is 8.86. The lowest BCUT2D eigenvalue weighted by Gasteiger charge is -2.43. The highest BCUT2D eigenvalue weighted by atomic mass is 35.5. The van der Waals surface area contributed by atoms with E-state index in [0.717, 1.165) is 22.3 Å². The van der Waals surface area contributed by atoms with Crippen molar-refractivity contribution < 1.29 is 19.1 Å². The maximum atomic E-state index is 12.7. The first kappa shape index (κ1) is 37.6. The fraction of sp³-hybridized carbons (Fsp3) is 0.250. The summed E-state index contributed by atoms with van der Waals surface area (Å²) in [6.45, 7) is 7.46. The Morgan fingerprint density at radius 1 is 0.520 bits per heavy atom. The fourth-order valence-corrected chi connectivity index (χ4v) is 6.82. The Morgan fingerprint density at radius 2 is 0.780 bits per heavy atom. The zero-order valence-electron chi connectivity index (χ0n) is 27.7. The van der Waals surface area contributed by atoms with Crippen LogP contribution in [0.15, 0.2) is 122 Å². The van der Waals surface area contributed by atoms with Gasteiger partial charge in [0.15, 0.2) is 0 Å². The maximum Gasteiger partial charge on any atom is 0.252 e. The third-order valence-corrected chi connectivity index (χ3v) is 9.87. The normalized spacial score (nSPS) is 23.6. The molecule has 2 unspecified atom stereocenters. The molecule has 2 saturated heterocycles. The monoisotopic (exact) mass is 750 g/mol. The van der Waals surface area contributed by atoms with Crippen molar-refractivity contribution in [3.8, 4) is 0 Å². The quantitative estimate of drug-likeness (QED) is 0.168. The van der Waals surface area contributed by atoms with Gasteiger partial charge in [-0.05, 0) is 70.8 Å². The van der Waals surface area contributed by atoms with Crippen molar-refractivity contribution in [2.24, 2.45) is 0 Å². The van der Waals surface area contributed by atoms with E-state index in [4.69, 9.17) is 55.9 Å². The number of rotatable bonds is 8. The van der Waals surface area contributed by atoms with Gasteiger partial charge in [0.25, 0.3) is 11.8 Å². The number of halogens is 4. The Morgan fingerprint density at radius 3 is 1.04 bits per heavy atom. The molecular formula is C40H38Cl4N2O4. The molecule has 0 aromatic heterocycles. The van der Waals surface area contributed by atoms with Crippen molar-refractivity contribution in [2.75, 3.05) is 14.1 Å². The molecule has 0 radical (unpaired) electrons. The SMILES string of the molecule is C=CC[C@@H]1O[C@@H](c2ccc(Cl)cc2)C(c2ccc(Cl)cc2)N(C)C1=O.C=CC[C@H]1O[C@H](c2ccc(Cl)cc2)C(c2ccc(Cl)cc2)N(C)C1=O. The molecule has 6 rings (SSSR count). The van der Waals surface area contributed by atoms with E-state index in [1.165, 1.54) is 0 Å². The molecule has 6 atom stereocenters. The molecule has 2 aliphatic heterocycles. The summed E-state index contributed by atoms with van der Waals surface area (Å²) in [6.07, 6.45) is 2.69. The van der Waals surface area contributed by atoms with E-state index in [9.17, 15) is 9.59 Å². The number of amides is 2. The summed E-state index contributed by atoms with van der Waals surface area (Å²) in [5.41, 5.74) is 3.88. The summed E-state index contributed by atoms with van der Waals surface area (Å²) >= 11 is 24.1. The van der Waals surface area contributed by atoms with Crippen LogP contribution in [0.25, 0.3) is 0 Å². The zero-order chi connectivity index (χ0) is 35.9. The smallest absolute Gasteiger partial charge is 0.252 e. The highest BCUT2D eigenvalue weighted by Crippen LogP contribution is 2.43. The number of likely N-dealkylation sites (N-methyl/N-ethyl adjacent to an activating group) is 2. The number of benzene rings is 4. The first-order valence-corrected chi connectivity index (χ1v) is 17.6. The van der Waals surface area contributed by atoms with E-state index >= 15 is 0 Å². The minimum Gasteiger partial charge on any atom is -0.358 e. The standard InChI is InChI=1S/2C20H19Cl2NO2/c2*1-3-4-17-20(24)23(2)18(13-5-9-15(21)10-6-13)19(25-17)14-7-11-16(22)12-8-14/h2*3,5-12,17-19H,1,4H2,2H3/t2*17-,18?,19-/m10/s1. The van der Waals surface area contributed by atoms with Crippen LogP contribution in [-0.2, 0) is 19.1 Å². The molecule has 10 heteroatoms. The van der Waals surface area contributed by atoms with Crippen LogP contribution in [0.4, 0.5) is 0 Å². The number of morpholine rings is 2. The minimum absolute atomic E-state index is 0.0509. The third kappa shape index (κ3) is 8.63. The molecule has 0 bridgehead atoms. The predicted octanol–water partition coefficient (Wildman–Crippen LogP) is 10.4. The number of carbonyl (C=O) groups excluding carboxylic acids is 2. The number of ether oxygens (including phenoxy) is 2. The van der Waals surface area contributed by atoms with E-state index in [1.807, 2.05) is 111 Å². The predicted molar refractivity (Wildman–Crippen MR) is 202 cm³/mol. The van der Waals surface area contributed by atoms with Gasteiger partial charge in [-0.25, -0.2) is 0 Å². The molecule has 2 fully saturated rings. The van der Waals surface area contributed by atoms with Crippen LogP contribution in [0.5, 0.6) is 0 Å². The average Bonchev–Trinajstić information content (AvgIpc) is 3.11. The van der Waals surface area contributed by atoms with Gasteiger partial charge < -0.3 is 19.3 Å². The van der Waals surface area contributed by atoms with Gasteiger partial charge in [0.2, 0.25) is 0 Å². The molecule has 0 saturated carbocycles. The number of hydrogen-bond donors (Lipinski definition) is 0. The van der Waals surface area contributed by atoms with Crippen LogP contribution >= 0.6 is 46.4 Å². The van der Waals surface area contributed by atoms with Crippen molar-refractivity contribution in [1.82, 2.24) is 9.80 Å². The summed E-state index contributed by atoms with van der Waals surface area (Å²) in [5.74, 6) is -0.102. The van der Waals surface area contributed by atoms with Gasteiger partial charge in [0.1, 0.15) is 24.4 Å². The lowest BCUT2D eigenvalue weighted by atomic mass is 9.91. The van der Waals surface area contributed by atoms with E-state index in [1.54, 1.807) is 22.0 Å². The van der Waals surface area contributed by atoms with E-state index < -0.39 is 12.2 Å². The van der Waals surface area contributed by atoms with Crippen molar-refractivity contribution in [2.45, 2.75) is 49.3 Å². The Balaban J connectivity index is 0.000000194. The van der Waals surface area contributed by atoms with Gasteiger partial charge in [-0.15, -0.1) is 13.2 Å². The van der Waals surface area contributed by atoms with Gasteiger partial charge >= 0.3 is 0 Å². The molecule has 6 nitrogen and oxygen atoms in total. The number of carbonyl (C=O) groups is 2. The highest BCUT2D eigenvalue weighted by Gasteiger charge is 2.43. The van der Waals surface area contributed by atoms with Crippen molar-refractivity contribution in [3.05, 3.63) is 165 Å². The summed E-state index contributed by atoms with van der Waals surface area (Å²) in [5, 5.41) is 2.63. The van der Waals surface area contributed by atoms with Crippen molar-refractivity contribution >= 4 is 58.2 Å². The van der Waals surface area contributed by atoms with Crippen LogP contribution in [0.2, 0.25) is 20.1 Å². The first-order valence-electron chi connectivity index (χ1n) is 16.1. The molecule has 0 N–H and O–H groups in total.